The quantitative estimate of drug-likeness (QED) is 0.779. The molecule has 5 nitrogen and oxygen atoms in total. The summed E-state index contributed by atoms with van der Waals surface area (Å²) in [5, 5.41) is 10.8. The minimum absolute atomic E-state index is 0.0323. The van der Waals surface area contributed by atoms with Crippen LogP contribution in [0.2, 0.25) is 0 Å². The van der Waals surface area contributed by atoms with E-state index in [1.54, 1.807) is 11.3 Å². The summed E-state index contributed by atoms with van der Waals surface area (Å²) in [6.07, 6.45) is 0. The molecular formula is C14H23N3O2S. The molecule has 1 atom stereocenters. The van der Waals surface area contributed by atoms with Crippen LogP contribution >= 0.6 is 11.3 Å². The van der Waals surface area contributed by atoms with Gasteiger partial charge in [-0.1, -0.05) is 0 Å². The molecule has 2 amide bonds. The van der Waals surface area contributed by atoms with Crippen LogP contribution in [0.1, 0.15) is 39.5 Å². The first-order valence-corrected chi connectivity index (χ1v) is 7.46. The highest BCUT2D eigenvalue weighted by molar-refractivity contribution is 7.10. The van der Waals surface area contributed by atoms with Crippen LogP contribution in [0.5, 0.6) is 0 Å². The second-order valence-corrected chi connectivity index (χ2v) is 6.78. The van der Waals surface area contributed by atoms with E-state index >= 15 is 0 Å². The minimum Gasteiger partial charge on any atom is -0.350 e. The van der Waals surface area contributed by atoms with Crippen molar-refractivity contribution in [1.29, 1.82) is 0 Å². The second kappa shape index (κ2) is 6.85. The summed E-state index contributed by atoms with van der Waals surface area (Å²) in [6, 6.07) is 1.57. The van der Waals surface area contributed by atoms with Crippen LogP contribution in [-0.2, 0) is 16.1 Å². The molecule has 0 aromatic carbocycles. The van der Waals surface area contributed by atoms with Crippen molar-refractivity contribution in [1.82, 2.24) is 10.6 Å². The molecule has 1 aromatic rings. The molecule has 0 radical (unpaired) electrons. The number of carbonyl (C=O) groups excluding carboxylic acids is 2. The first kappa shape index (κ1) is 16.7. The smallest absolute Gasteiger partial charge is 0.237 e. The van der Waals surface area contributed by atoms with E-state index in [1.807, 2.05) is 39.1 Å². The third kappa shape index (κ3) is 5.71. The monoisotopic (exact) mass is 297 g/mol. The highest BCUT2D eigenvalue weighted by atomic mass is 32.1. The fraction of sp³-hybridized carbons (Fsp3) is 0.571. The topological polar surface area (TPSA) is 70.2 Å². The van der Waals surface area contributed by atoms with E-state index in [4.69, 9.17) is 0 Å². The highest BCUT2D eigenvalue weighted by Gasteiger charge is 2.19. The van der Waals surface area contributed by atoms with Gasteiger partial charge >= 0.3 is 0 Å². The molecule has 20 heavy (non-hydrogen) atoms. The predicted molar refractivity (Wildman–Crippen MR) is 82.8 cm³/mol. The number of thiophene rings is 1. The normalized spacial score (nSPS) is 12.8. The molecule has 1 unspecified atom stereocenters. The Morgan fingerprint density at radius 3 is 2.55 bits per heavy atom. The Balaban J connectivity index is 2.53. The van der Waals surface area contributed by atoms with E-state index in [0.717, 1.165) is 10.6 Å². The van der Waals surface area contributed by atoms with Gasteiger partial charge in [0, 0.05) is 23.9 Å². The van der Waals surface area contributed by atoms with Gasteiger partial charge in [-0.2, -0.15) is 0 Å². The SMILES string of the molecule is CC(=O)Nc1ccsc1CNC(C)C(=O)NC(C)(C)C. The van der Waals surface area contributed by atoms with Crippen molar-refractivity contribution >= 4 is 28.8 Å². The lowest BCUT2D eigenvalue weighted by atomic mass is 10.1. The van der Waals surface area contributed by atoms with Crippen molar-refractivity contribution in [2.24, 2.45) is 0 Å². The van der Waals surface area contributed by atoms with Crippen LogP contribution in [0.25, 0.3) is 0 Å². The van der Waals surface area contributed by atoms with Crippen LogP contribution in [0.15, 0.2) is 11.4 Å². The molecule has 1 rings (SSSR count). The Hall–Kier alpha value is -1.40. The number of nitrogens with one attached hydrogen (secondary N) is 3. The lowest BCUT2D eigenvalue weighted by Crippen LogP contribution is -2.49. The Kier molecular flexibility index (Phi) is 5.71. The molecule has 0 aliphatic carbocycles. The van der Waals surface area contributed by atoms with Crippen molar-refractivity contribution in [3.63, 3.8) is 0 Å². The number of hydrogen-bond acceptors (Lipinski definition) is 4. The highest BCUT2D eigenvalue weighted by Crippen LogP contribution is 2.22. The summed E-state index contributed by atoms with van der Waals surface area (Å²) >= 11 is 1.55. The van der Waals surface area contributed by atoms with Crippen molar-refractivity contribution in [3.05, 3.63) is 16.3 Å². The van der Waals surface area contributed by atoms with Gasteiger partial charge in [-0.05, 0) is 39.1 Å². The Bertz CT molecular complexity index is 477. The molecule has 1 aromatic heterocycles. The number of carbonyl (C=O) groups is 2. The molecule has 0 saturated carbocycles. The summed E-state index contributed by atoms with van der Waals surface area (Å²) in [7, 11) is 0. The van der Waals surface area contributed by atoms with Gasteiger partial charge in [-0.3, -0.25) is 9.59 Å². The zero-order chi connectivity index (χ0) is 15.3. The fourth-order valence-corrected chi connectivity index (χ4v) is 2.38. The van der Waals surface area contributed by atoms with Gasteiger partial charge in [-0.15, -0.1) is 11.3 Å². The van der Waals surface area contributed by atoms with Crippen LogP contribution in [0.4, 0.5) is 5.69 Å². The predicted octanol–water partition coefficient (Wildman–Crippen LogP) is 2.10. The van der Waals surface area contributed by atoms with Crippen molar-refractivity contribution in [2.75, 3.05) is 5.32 Å². The molecule has 6 heteroatoms. The maximum atomic E-state index is 11.9. The number of hydrogen-bond donors (Lipinski definition) is 3. The fourth-order valence-electron chi connectivity index (χ4n) is 1.59. The first-order valence-electron chi connectivity index (χ1n) is 6.58. The van der Waals surface area contributed by atoms with E-state index < -0.39 is 0 Å². The van der Waals surface area contributed by atoms with E-state index in [0.29, 0.717) is 6.54 Å². The molecule has 0 spiro atoms. The zero-order valence-electron chi connectivity index (χ0n) is 12.7. The van der Waals surface area contributed by atoms with Gasteiger partial charge in [0.15, 0.2) is 0 Å². The van der Waals surface area contributed by atoms with Crippen molar-refractivity contribution < 1.29 is 9.59 Å². The summed E-state index contributed by atoms with van der Waals surface area (Å²) in [6.45, 7) is 9.70. The molecule has 0 aliphatic rings. The summed E-state index contributed by atoms with van der Waals surface area (Å²) in [5.41, 5.74) is 0.565. The average molecular weight is 297 g/mol. The lowest BCUT2D eigenvalue weighted by molar-refractivity contribution is -0.124. The van der Waals surface area contributed by atoms with E-state index in [-0.39, 0.29) is 23.4 Å². The molecule has 0 fully saturated rings. The standard InChI is InChI=1S/C14H23N3O2S/c1-9(13(19)17-14(3,4)5)15-8-12-11(6-7-20-12)16-10(2)18/h6-7,9,15H,8H2,1-5H3,(H,16,18)(H,17,19). The number of amides is 2. The molecule has 112 valence electrons. The Morgan fingerprint density at radius 1 is 1.35 bits per heavy atom. The molecular weight excluding hydrogens is 274 g/mol. The van der Waals surface area contributed by atoms with E-state index in [2.05, 4.69) is 16.0 Å². The number of anilines is 1. The maximum absolute atomic E-state index is 11.9. The van der Waals surface area contributed by atoms with Crippen molar-refractivity contribution in [3.8, 4) is 0 Å². The van der Waals surface area contributed by atoms with E-state index in [1.165, 1.54) is 6.92 Å². The minimum atomic E-state index is -0.290. The van der Waals surface area contributed by atoms with Gasteiger partial charge in [-0.25, -0.2) is 0 Å². The van der Waals surface area contributed by atoms with Gasteiger partial charge in [0.05, 0.1) is 11.7 Å². The van der Waals surface area contributed by atoms with E-state index in [9.17, 15) is 9.59 Å². The molecule has 0 aliphatic heterocycles. The maximum Gasteiger partial charge on any atom is 0.237 e. The second-order valence-electron chi connectivity index (χ2n) is 5.78. The van der Waals surface area contributed by atoms with Gasteiger partial charge < -0.3 is 16.0 Å². The van der Waals surface area contributed by atoms with Gasteiger partial charge in [0.25, 0.3) is 0 Å². The third-order valence-corrected chi connectivity index (χ3v) is 3.44. The molecule has 0 bridgehead atoms. The molecule has 1 heterocycles. The largest absolute Gasteiger partial charge is 0.350 e. The van der Waals surface area contributed by atoms with Crippen molar-refractivity contribution in [2.45, 2.75) is 52.7 Å². The Morgan fingerprint density at radius 2 is 2.00 bits per heavy atom. The van der Waals surface area contributed by atoms with Gasteiger partial charge in [0.1, 0.15) is 0 Å². The average Bonchev–Trinajstić information content (AvgIpc) is 2.70. The van der Waals surface area contributed by atoms with Crippen LogP contribution in [-0.4, -0.2) is 23.4 Å². The summed E-state index contributed by atoms with van der Waals surface area (Å²) < 4.78 is 0. The molecule has 0 saturated heterocycles. The lowest BCUT2D eigenvalue weighted by Gasteiger charge is -2.23. The summed E-state index contributed by atoms with van der Waals surface area (Å²) in [4.78, 5) is 24.0. The third-order valence-electron chi connectivity index (χ3n) is 2.52. The number of rotatable bonds is 5. The van der Waals surface area contributed by atoms with Crippen LogP contribution in [0.3, 0.4) is 0 Å². The first-order chi connectivity index (χ1) is 9.19. The summed E-state index contributed by atoms with van der Waals surface area (Å²) in [5.74, 6) is -0.127. The van der Waals surface area contributed by atoms with Crippen LogP contribution < -0.4 is 16.0 Å². The molecule has 3 N–H and O–H groups in total. The van der Waals surface area contributed by atoms with Crippen LogP contribution in [0, 0.1) is 0 Å². The Labute approximate surface area is 124 Å². The van der Waals surface area contributed by atoms with Gasteiger partial charge in [0.2, 0.25) is 11.8 Å². The zero-order valence-corrected chi connectivity index (χ0v) is 13.5.